The van der Waals surface area contributed by atoms with E-state index in [1.807, 2.05) is 36.5 Å². The molecular weight excluding hydrogens is 370 g/mol. The van der Waals surface area contributed by atoms with Crippen LogP contribution in [0.1, 0.15) is 5.56 Å². The molecule has 6 heteroatoms. The van der Waals surface area contributed by atoms with E-state index in [1.54, 1.807) is 0 Å². The van der Waals surface area contributed by atoms with E-state index in [4.69, 9.17) is 16.6 Å². The Morgan fingerprint density at radius 2 is 1.68 bits per heavy atom. The second kappa shape index (κ2) is 8.93. The Hall–Kier alpha value is -2.79. The SMILES string of the molecule is Clc1cccc(N2CCN(c3ccnc(NCCc4ccccc4)n3)CC2)c1. The zero-order chi connectivity index (χ0) is 19.2. The highest BCUT2D eigenvalue weighted by Crippen LogP contribution is 2.22. The van der Waals surface area contributed by atoms with Gasteiger partial charge in [-0.1, -0.05) is 48.0 Å². The van der Waals surface area contributed by atoms with Crippen LogP contribution in [0.3, 0.4) is 0 Å². The van der Waals surface area contributed by atoms with Gasteiger partial charge in [0.15, 0.2) is 0 Å². The van der Waals surface area contributed by atoms with Gasteiger partial charge in [0, 0.05) is 49.6 Å². The van der Waals surface area contributed by atoms with Gasteiger partial charge in [-0.15, -0.1) is 0 Å². The summed E-state index contributed by atoms with van der Waals surface area (Å²) in [5.74, 6) is 1.66. The molecular formula is C22H24ClN5. The molecule has 0 spiro atoms. The third-order valence-electron chi connectivity index (χ3n) is 4.96. The van der Waals surface area contributed by atoms with Gasteiger partial charge in [-0.25, -0.2) is 4.98 Å². The first kappa shape index (κ1) is 18.6. The van der Waals surface area contributed by atoms with E-state index in [9.17, 15) is 0 Å². The number of nitrogens with one attached hydrogen (secondary N) is 1. The predicted octanol–water partition coefficient (Wildman–Crippen LogP) is 4.11. The number of anilines is 3. The molecule has 1 aliphatic heterocycles. The fraction of sp³-hybridized carbons (Fsp3) is 0.273. The third-order valence-corrected chi connectivity index (χ3v) is 5.19. The molecule has 0 bridgehead atoms. The van der Waals surface area contributed by atoms with Crippen molar-refractivity contribution in [3.63, 3.8) is 0 Å². The Labute approximate surface area is 171 Å². The molecule has 1 fully saturated rings. The lowest BCUT2D eigenvalue weighted by molar-refractivity contribution is 0.647. The third kappa shape index (κ3) is 4.73. The van der Waals surface area contributed by atoms with E-state index in [0.717, 1.165) is 50.0 Å². The number of hydrogen-bond acceptors (Lipinski definition) is 5. The first-order valence-electron chi connectivity index (χ1n) is 9.64. The standard InChI is InChI=1S/C22H24ClN5/c23-19-7-4-8-20(17-19)27-13-15-28(16-14-27)21-10-12-25-22(26-21)24-11-9-18-5-2-1-3-6-18/h1-8,10,12,17H,9,11,13-16H2,(H,24,25,26). The number of halogens is 1. The normalized spacial score (nSPS) is 14.2. The van der Waals surface area contributed by atoms with Gasteiger partial charge in [0.2, 0.25) is 5.95 Å². The molecule has 2 heterocycles. The van der Waals surface area contributed by atoms with Crippen molar-refractivity contribution in [1.82, 2.24) is 9.97 Å². The number of aromatic nitrogens is 2. The van der Waals surface area contributed by atoms with E-state index in [1.165, 1.54) is 11.3 Å². The minimum atomic E-state index is 0.686. The minimum Gasteiger partial charge on any atom is -0.368 e. The van der Waals surface area contributed by atoms with Gasteiger partial charge in [-0.05, 0) is 36.2 Å². The summed E-state index contributed by atoms with van der Waals surface area (Å²) in [6, 6.07) is 20.5. The van der Waals surface area contributed by atoms with Crippen molar-refractivity contribution in [2.45, 2.75) is 6.42 Å². The molecule has 5 nitrogen and oxygen atoms in total. The van der Waals surface area contributed by atoms with Gasteiger partial charge in [-0.3, -0.25) is 0 Å². The number of hydrogen-bond donors (Lipinski definition) is 1. The Morgan fingerprint density at radius 1 is 0.893 bits per heavy atom. The van der Waals surface area contributed by atoms with E-state index >= 15 is 0 Å². The fourth-order valence-corrected chi connectivity index (χ4v) is 3.62. The van der Waals surface area contributed by atoms with Crippen molar-refractivity contribution >= 4 is 29.1 Å². The molecule has 2 aromatic carbocycles. The second-order valence-corrected chi connectivity index (χ2v) is 7.29. The van der Waals surface area contributed by atoms with Crippen molar-refractivity contribution in [3.8, 4) is 0 Å². The van der Waals surface area contributed by atoms with Crippen LogP contribution in [0.5, 0.6) is 0 Å². The van der Waals surface area contributed by atoms with Gasteiger partial charge in [0.25, 0.3) is 0 Å². The summed E-state index contributed by atoms with van der Waals surface area (Å²) in [5.41, 5.74) is 2.49. The van der Waals surface area contributed by atoms with Gasteiger partial charge in [-0.2, -0.15) is 4.98 Å². The maximum atomic E-state index is 6.13. The Bertz CT molecular complexity index is 894. The summed E-state index contributed by atoms with van der Waals surface area (Å²) in [6.45, 7) is 4.55. The lowest BCUT2D eigenvalue weighted by Crippen LogP contribution is -2.46. The highest BCUT2D eigenvalue weighted by molar-refractivity contribution is 6.30. The first-order valence-corrected chi connectivity index (χ1v) is 10.0. The summed E-state index contributed by atoms with van der Waals surface area (Å²) in [4.78, 5) is 13.7. The van der Waals surface area contributed by atoms with Crippen LogP contribution in [-0.2, 0) is 6.42 Å². The maximum absolute atomic E-state index is 6.13. The van der Waals surface area contributed by atoms with E-state index < -0.39 is 0 Å². The van der Waals surface area contributed by atoms with Crippen molar-refractivity contribution in [3.05, 3.63) is 77.4 Å². The number of nitrogens with zero attached hydrogens (tertiary/aromatic N) is 4. The highest BCUT2D eigenvalue weighted by Gasteiger charge is 2.19. The van der Waals surface area contributed by atoms with Gasteiger partial charge < -0.3 is 15.1 Å². The maximum Gasteiger partial charge on any atom is 0.224 e. The second-order valence-electron chi connectivity index (χ2n) is 6.85. The molecule has 0 unspecified atom stereocenters. The van der Waals surface area contributed by atoms with Crippen molar-refractivity contribution in [1.29, 1.82) is 0 Å². The fourth-order valence-electron chi connectivity index (χ4n) is 3.44. The molecule has 0 atom stereocenters. The summed E-state index contributed by atoms with van der Waals surface area (Å²) in [5, 5.41) is 4.12. The lowest BCUT2D eigenvalue weighted by atomic mass is 10.1. The molecule has 1 saturated heterocycles. The van der Waals surface area contributed by atoms with Crippen LogP contribution in [0.25, 0.3) is 0 Å². The average Bonchev–Trinajstić information content (AvgIpc) is 2.75. The summed E-state index contributed by atoms with van der Waals surface area (Å²) in [7, 11) is 0. The van der Waals surface area contributed by atoms with Gasteiger partial charge in [0.1, 0.15) is 5.82 Å². The number of rotatable bonds is 6. The van der Waals surface area contributed by atoms with E-state index in [2.05, 4.69) is 50.4 Å². The molecule has 144 valence electrons. The molecule has 1 N–H and O–H groups in total. The molecule has 4 rings (SSSR count). The molecule has 1 aliphatic rings. The lowest BCUT2D eigenvalue weighted by Gasteiger charge is -2.36. The van der Waals surface area contributed by atoms with Crippen LogP contribution in [0.2, 0.25) is 5.02 Å². The quantitative estimate of drug-likeness (QED) is 0.682. The minimum absolute atomic E-state index is 0.686. The number of benzene rings is 2. The molecule has 0 saturated carbocycles. The van der Waals surface area contributed by atoms with Crippen LogP contribution in [-0.4, -0.2) is 42.7 Å². The summed E-state index contributed by atoms with van der Waals surface area (Å²) in [6.07, 6.45) is 2.78. The van der Waals surface area contributed by atoms with E-state index in [-0.39, 0.29) is 0 Å². The van der Waals surface area contributed by atoms with Crippen LogP contribution >= 0.6 is 11.6 Å². The Kier molecular flexibility index (Phi) is 5.92. The molecule has 1 aromatic heterocycles. The smallest absolute Gasteiger partial charge is 0.224 e. The molecule has 28 heavy (non-hydrogen) atoms. The molecule has 0 amide bonds. The summed E-state index contributed by atoms with van der Waals surface area (Å²) < 4.78 is 0. The average molecular weight is 394 g/mol. The van der Waals surface area contributed by atoms with Crippen molar-refractivity contribution < 1.29 is 0 Å². The Morgan fingerprint density at radius 3 is 2.46 bits per heavy atom. The zero-order valence-electron chi connectivity index (χ0n) is 15.8. The monoisotopic (exact) mass is 393 g/mol. The van der Waals surface area contributed by atoms with Crippen LogP contribution in [0.4, 0.5) is 17.5 Å². The van der Waals surface area contributed by atoms with Crippen LogP contribution in [0.15, 0.2) is 66.9 Å². The first-order chi connectivity index (χ1) is 13.8. The molecule has 3 aromatic rings. The van der Waals surface area contributed by atoms with Gasteiger partial charge >= 0.3 is 0 Å². The largest absolute Gasteiger partial charge is 0.368 e. The predicted molar refractivity (Wildman–Crippen MR) is 117 cm³/mol. The number of piperazine rings is 1. The molecule has 0 radical (unpaired) electrons. The summed E-state index contributed by atoms with van der Waals surface area (Å²) >= 11 is 6.13. The molecule has 0 aliphatic carbocycles. The van der Waals surface area contributed by atoms with Crippen LogP contribution in [0, 0.1) is 0 Å². The topological polar surface area (TPSA) is 44.3 Å². The van der Waals surface area contributed by atoms with Crippen molar-refractivity contribution in [2.75, 3.05) is 47.8 Å². The highest BCUT2D eigenvalue weighted by atomic mass is 35.5. The van der Waals surface area contributed by atoms with E-state index in [0.29, 0.717) is 5.95 Å². The van der Waals surface area contributed by atoms with Crippen LogP contribution < -0.4 is 15.1 Å². The Balaban J connectivity index is 1.32. The zero-order valence-corrected chi connectivity index (χ0v) is 16.5. The van der Waals surface area contributed by atoms with Crippen molar-refractivity contribution in [2.24, 2.45) is 0 Å². The van der Waals surface area contributed by atoms with Gasteiger partial charge in [0.05, 0.1) is 0 Å².